The predicted molar refractivity (Wildman–Crippen MR) is 105 cm³/mol. The maximum atomic E-state index is 12.6. The van der Waals surface area contributed by atoms with E-state index in [0.717, 1.165) is 43.8 Å². The molecule has 1 aliphatic carbocycles. The van der Waals surface area contributed by atoms with Gasteiger partial charge in [0.2, 0.25) is 5.91 Å². The average Bonchev–Trinajstić information content (AvgIpc) is 2.70. The van der Waals surface area contributed by atoms with Gasteiger partial charge in [0.05, 0.1) is 11.8 Å². The lowest BCUT2D eigenvalue weighted by Crippen LogP contribution is -2.39. The van der Waals surface area contributed by atoms with E-state index in [9.17, 15) is 14.7 Å². The third-order valence-corrected chi connectivity index (χ3v) is 5.41. The molecule has 1 aromatic rings. The number of ether oxygens (including phenoxy) is 1. The number of rotatable bonds is 10. The minimum atomic E-state index is -0.866. The molecule has 0 aromatic heterocycles. The lowest BCUT2D eigenvalue weighted by molar-refractivity contribution is -0.148. The number of nitrogens with one attached hydrogen (secondary N) is 1. The molecule has 0 heterocycles. The van der Waals surface area contributed by atoms with Crippen molar-refractivity contribution < 1.29 is 19.4 Å². The summed E-state index contributed by atoms with van der Waals surface area (Å²) in [6.45, 7) is 8.04. The van der Waals surface area contributed by atoms with Crippen LogP contribution in [0.3, 0.4) is 0 Å². The summed E-state index contributed by atoms with van der Waals surface area (Å²) in [4.78, 5) is 26.3. The van der Waals surface area contributed by atoms with E-state index in [2.05, 4.69) is 24.1 Å². The van der Waals surface area contributed by atoms with Crippen molar-refractivity contribution >= 4 is 11.9 Å². The van der Waals surface area contributed by atoms with Gasteiger partial charge in [-0.15, -0.1) is 0 Å². The highest BCUT2D eigenvalue weighted by Gasteiger charge is 2.35. The molecule has 0 aliphatic heterocycles. The molecule has 2 rings (SSSR count). The summed E-state index contributed by atoms with van der Waals surface area (Å²) >= 11 is 0. The lowest BCUT2D eigenvalue weighted by Gasteiger charge is -2.27. The third kappa shape index (κ3) is 6.24. The molecule has 2 unspecified atom stereocenters. The van der Waals surface area contributed by atoms with Crippen LogP contribution in [-0.4, -0.2) is 48.1 Å². The summed E-state index contributed by atoms with van der Waals surface area (Å²) in [6, 6.07) is 7.67. The number of benzene rings is 1. The predicted octanol–water partition coefficient (Wildman–Crippen LogP) is 2.91. The summed E-state index contributed by atoms with van der Waals surface area (Å²) in [5, 5.41) is 12.3. The van der Waals surface area contributed by atoms with Gasteiger partial charge >= 0.3 is 5.97 Å². The van der Waals surface area contributed by atoms with Gasteiger partial charge in [-0.2, -0.15) is 0 Å². The number of likely N-dealkylation sites (N-methyl/N-ethyl adjacent to an activating group) is 1. The molecule has 27 heavy (non-hydrogen) atoms. The molecule has 1 fully saturated rings. The molecule has 1 aromatic carbocycles. The van der Waals surface area contributed by atoms with Crippen molar-refractivity contribution in [3.05, 3.63) is 29.8 Å². The van der Waals surface area contributed by atoms with E-state index in [1.54, 1.807) is 0 Å². The summed E-state index contributed by atoms with van der Waals surface area (Å²) in [5.41, 5.74) is 0.910. The van der Waals surface area contributed by atoms with E-state index in [4.69, 9.17) is 4.74 Å². The number of aliphatic carboxylic acids is 1. The molecule has 0 bridgehead atoms. The van der Waals surface area contributed by atoms with E-state index in [1.807, 2.05) is 24.3 Å². The molecule has 6 heteroatoms. The first kappa shape index (κ1) is 21.2. The number of carbonyl (C=O) groups is 2. The van der Waals surface area contributed by atoms with Crippen LogP contribution in [0, 0.1) is 11.8 Å². The first-order valence-corrected chi connectivity index (χ1v) is 10.00. The number of para-hydroxylation sites is 1. The molecule has 1 saturated carbocycles. The Kier molecular flexibility index (Phi) is 8.58. The number of amides is 1. The number of carboxylic acid groups (broad SMARTS) is 1. The van der Waals surface area contributed by atoms with E-state index in [0.29, 0.717) is 26.0 Å². The summed E-state index contributed by atoms with van der Waals surface area (Å²) < 4.78 is 5.92. The second kappa shape index (κ2) is 10.9. The topological polar surface area (TPSA) is 78.9 Å². The number of nitrogens with zero attached hydrogens (tertiary/aromatic N) is 1. The fraction of sp³-hybridized carbons (Fsp3) is 0.619. The zero-order valence-electron chi connectivity index (χ0n) is 16.4. The Hall–Kier alpha value is -2.08. The summed E-state index contributed by atoms with van der Waals surface area (Å²) in [7, 11) is 0. The number of hydrogen-bond acceptors (Lipinski definition) is 4. The highest BCUT2D eigenvalue weighted by atomic mass is 16.5. The highest BCUT2D eigenvalue weighted by Crippen LogP contribution is 2.30. The molecule has 6 nitrogen and oxygen atoms in total. The number of carboxylic acids is 1. The lowest BCUT2D eigenvalue weighted by atomic mass is 9.78. The van der Waals surface area contributed by atoms with Crippen LogP contribution in [0.15, 0.2) is 24.3 Å². The van der Waals surface area contributed by atoms with E-state index in [1.165, 1.54) is 0 Å². The number of hydrogen-bond donors (Lipinski definition) is 2. The maximum absolute atomic E-state index is 12.6. The van der Waals surface area contributed by atoms with Gasteiger partial charge in [0.1, 0.15) is 12.4 Å². The van der Waals surface area contributed by atoms with Crippen LogP contribution >= 0.6 is 0 Å². The zero-order valence-corrected chi connectivity index (χ0v) is 16.4. The Morgan fingerprint density at radius 3 is 2.48 bits per heavy atom. The van der Waals surface area contributed by atoms with Gasteiger partial charge in [0.25, 0.3) is 0 Å². The fourth-order valence-corrected chi connectivity index (χ4v) is 3.67. The molecular weight excluding hydrogens is 344 g/mol. The Morgan fingerprint density at radius 1 is 1.15 bits per heavy atom. The van der Waals surface area contributed by atoms with Crippen LogP contribution < -0.4 is 10.1 Å². The normalized spacial score (nSPS) is 19.7. The zero-order chi connectivity index (χ0) is 19.6. The molecule has 2 atom stereocenters. The fourth-order valence-electron chi connectivity index (χ4n) is 3.67. The molecule has 1 amide bonds. The maximum Gasteiger partial charge on any atom is 0.307 e. The van der Waals surface area contributed by atoms with Gasteiger partial charge in [0.15, 0.2) is 0 Å². The van der Waals surface area contributed by atoms with E-state index >= 15 is 0 Å². The van der Waals surface area contributed by atoms with Gasteiger partial charge in [-0.3, -0.25) is 9.59 Å². The highest BCUT2D eigenvalue weighted by molar-refractivity contribution is 5.84. The minimum absolute atomic E-state index is 0.167. The molecule has 2 N–H and O–H groups in total. The summed E-state index contributed by atoms with van der Waals surface area (Å²) in [5.74, 6) is -1.27. The monoisotopic (exact) mass is 376 g/mol. The second-order valence-corrected chi connectivity index (χ2v) is 7.04. The van der Waals surface area contributed by atoms with Crippen LogP contribution in [0.5, 0.6) is 5.75 Å². The number of carbonyl (C=O) groups excluding carboxylic acids is 1. The Morgan fingerprint density at radius 2 is 1.81 bits per heavy atom. The quantitative estimate of drug-likeness (QED) is 0.656. The van der Waals surface area contributed by atoms with Gasteiger partial charge in [0, 0.05) is 18.7 Å². The Labute approximate surface area is 161 Å². The van der Waals surface area contributed by atoms with Crippen LogP contribution in [0.1, 0.15) is 45.1 Å². The molecular formula is C21H32N2O4. The van der Waals surface area contributed by atoms with Crippen molar-refractivity contribution in [3.63, 3.8) is 0 Å². The van der Waals surface area contributed by atoms with Crippen molar-refractivity contribution in [2.24, 2.45) is 11.8 Å². The molecule has 1 aliphatic rings. The molecule has 0 saturated heterocycles. The SMILES string of the molecule is CCN(CC)CCOc1ccccc1CNC(=O)C1CCCCC1C(=O)O. The van der Waals surface area contributed by atoms with Crippen LogP contribution in [0.4, 0.5) is 0 Å². The molecule has 150 valence electrons. The van der Waals surface area contributed by atoms with Crippen molar-refractivity contribution in [3.8, 4) is 5.75 Å². The third-order valence-electron chi connectivity index (χ3n) is 5.41. The first-order chi connectivity index (χ1) is 13.1. The Balaban J connectivity index is 1.91. The van der Waals surface area contributed by atoms with Gasteiger partial charge in [-0.05, 0) is 32.0 Å². The van der Waals surface area contributed by atoms with Crippen molar-refractivity contribution in [1.29, 1.82) is 0 Å². The van der Waals surface area contributed by atoms with E-state index in [-0.39, 0.29) is 5.91 Å². The first-order valence-electron chi connectivity index (χ1n) is 10.00. The van der Waals surface area contributed by atoms with Crippen molar-refractivity contribution in [2.45, 2.75) is 46.1 Å². The minimum Gasteiger partial charge on any atom is -0.492 e. The van der Waals surface area contributed by atoms with Crippen LogP contribution in [0.25, 0.3) is 0 Å². The largest absolute Gasteiger partial charge is 0.492 e. The molecule has 0 radical (unpaired) electrons. The van der Waals surface area contributed by atoms with Crippen LogP contribution in [-0.2, 0) is 16.1 Å². The van der Waals surface area contributed by atoms with Gasteiger partial charge < -0.3 is 20.1 Å². The molecule has 0 spiro atoms. The van der Waals surface area contributed by atoms with E-state index < -0.39 is 17.8 Å². The van der Waals surface area contributed by atoms with Crippen molar-refractivity contribution in [2.75, 3.05) is 26.2 Å². The van der Waals surface area contributed by atoms with Gasteiger partial charge in [-0.25, -0.2) is 0 Å². The van der Waals surface area contributed by atoms with Gasteiger partial charge in [-0.1, -0.05) is 44.9 Å². The van der Waals surface area contributed by atoms with Crippen molar-refractivity contribution in [1.82, 2.24) is 10.2 Å². The average molecular weight is 376 g/mol. The van der Waals surface area contributed by atoms with Crippen LogP contribution in [0.2, 0.25) is 0 Å². The smallest absolute Gasteiger partial charge is 0.307 e. The Bertz CT molecular complexity index is 616. The summed E-state index contributed by atoms with van der Waals surface area (Å²) in [6.07, 6.45) is 3.01. The second-order valence-electron chi connectivity index (χ2n) is 7.04. The standard InChI is InChI=1S/C21H32N2O4/c1-3-23(4-2)13-14-27-19-12-8-5-9-16(19)15-22-20(24)17-10-6-7-11-18(17)21(25)26/h5,8-9,12,17-18H,3-4,6-7,10-11,13-15H2,1-2H3,(H,22,24)(H,25,26).